The zero-order chi connectivity index (χ0) is 16.4. The lowest BCUT2D eigenvalue weighted by Gasteiger charge is -2.05. The molecule has 1 aromatic heterocycles. The Morgan fingerprint density at radius 1 is 0.957 bits per heavy atom. The van der Waals surface area contributed by atoms with Gasteiger partial charge >= 0.3 is 6.18 Å². The smallest absolute Gasteiger partial charge is 0.330 e. The van der Waals surface area contributed by atoms with Crippen molar-refractivity contribution in [2.24, 2.45) is 4.99 Å². The predicted octanol–water partition coefficient (Wildman–Crippen LogP) is 5.76. The third kappa shape index (κ3) is 3.92. The van der Waals surface area contributed by atoms with Crippen molar-refractivity contribution in [2.75, 3.05) is 0 Å². The van der Waals surface area contributed by atoms with Crippen molar-refractivity contribution in [1.82, 2.24) is 4.98 Å². The van der Waals surface area contributed by atoms with Crippen LogP contribution in [0.3, 0.4) is 0 Å². The first kappa shape index (κ1) is 16.0. The number of nitrogens with zero attached hydrogens (tertiary/aromatic N) is 1. The minimum atomic E-state index is -4.33. The van der Waals surface area contributed by atoms with Gasteiger partial charge in [-0.2, -0.15) is 13.2 Å². The Balaban J connectivity index is 1.87. The first-order chi connectivity index (χ1) is 10.9. The second-order valence-electron chi connectivity index (χ2n) is 4.74. The van der Waals surface area contributed by atoms with Gasteiger partial charge in [-0.05, 0) is 42.0 Å². The molecule has 0 fully saturated rings. The van der Waals surface area contributed by atoms with E-state index in [-0.39, 0.29) is 0 Å². The van der Waals surface area contributed by atoms with E-state index in [9.17, 15) is 13.2 Å². The average Bonchev–Trinajstić information content (AvgIpc) is 2.96. The molecule has 0 aliphatic rings. The molecule has 1 N–H and O–H groups in total. The van der Waals surface area contributed by atoms with Crippen LogP contribution in [0.1, 0.15) is 5.56 Å². The fourth-order valence-corrected chi connectivity index (χ4v) is 2.97. The van der Waals surface area contributed by atoms with E-state index in [0.717, 1.165) is 27.9 Å². The molecule has 118 valence electrons. The number of aromatic amines is 1. The molecule has 0 spiro atoms. The molecule has 0 saturated carbocycles. The molecule has 23 heavy (non-hydrogen) atoms. The van der Waals surface area contributed by atoms with E-state index in [1.807, 2.05) is 29.6 Å². The Bertz CT molecular complexity index is 862. The number of nitrogens with one attached hydrogen (secondary N) is 1. The van der Waals surface area contributed by atoms with Crippen LogP contribution in [-0.4, -0.2) is 4.98 Å². The highest BCUT2D eigenvalue weighted by molar-refractivity contribution is 9.10. The van der Waals surface area contributed by atoms with E-state index in [1.165, 1.54) is 23.5 Å². The highest BCUT2D eigenvalue weighted by Crippen LogP contribution is 2.30. The quantitative estimate of drug-likeness (QED) is 0.568. The lowest BCUT2D eigenvalue weighted by atomic mass is 10.2. The molecule has 0 saturated heterocycles. The topological polar surface area (TPSA) is 28.1 Å². The van der Waals surface area contributed by atoms with Gasteiger partial charge in [-0.15, -0.1) is 11.3 Å². The number of rotatable bonds is 2. The summed E-state index contributed by atoms with van der Waals surface area (Å²) in [4.78, 5) is 8.10. The molecule has 3 aromatic rings. The van der Waals surface area contributed by atoms with Crippen LogP contribution in [-0.2, 0) is 6.18 Å². The zero-order valence-corrected chi connectivity index (χ0v) is 14.0. The molecular formula is C16H10BrF3N2S. The fourth-order valence-electron chi connectivity index (χ4n) is 1.96. The van der Waals surface area contributed by atoms with Crippen LogP contribution in [0.15, 0.2) is 63.4 Å². The molecule has 3 rings (SSSR count). The molecule has 0 radical (unpaired) electrons. The van der Waals surface area contributed by atoms with Crippen molar-refractivity contribution < 1.29 is 13.2 Å². The second kappa shape index (κ2) is 6.33. The highest BCUT2D eigenvalue weighted by atomic mass is 79.9. The predicted molar refractivity (Wildman–Crippen MR) is 88.5 cm³/mol. The summed E-state index contributed by atoms with van der Waals surface area (Å²) >= 11 is 4.78. The molecule has 2 aromatic carbocycles. The van der Waals surface area contributed by atoms with Crippen molar-refractivity contribution >= 4 is 33.0 Å². The maximum absolute atomic E-state index is 12.5. The molecule has 1 heterocycles. The summed E-state index contributed by atoms with van der Waals surface area (Å²) < 4.78 is 38.6. The van der Waals surface area contributed by atoms with Gasteiger partial charge in [0.05, 0.1) is 16.9 Å². The normalized spacial score (nSPS) is 12.6. The van der Waals surface area contributed by atoms with Crippen molar-refractivity contribution in [1.29, 1.82) is 0 Å². The Morgan fingerprint density at radius 3 is 2.22 bits per heavy atom. The maximum Gasteiger partial charge on any atom is 0.416 e. The minimum absolute atomic E-state index is 0.471. The SMILES string of the molecule is FC(F)(F)c1ccc(N=c2[nH]c(-c3ccc(Br)cc3)cs2)cc1. The first-order valence-corrected chi connectivity index (χ1v) is 8.25. The molecule has 0 atom stereocenters. The van der Waals surface area contributed by atoms with Gasteiger partial charge in [0, 0.05) is 9.85 Å². The van der Waals surface area contributed by atoms with Crippen molar-refractivity contribution in [3.63, 3.8) is 0 Å². The average molecular weight is 399 g/mol. The van der Waals surface area contributed by atoms with Crippen LogP contribution < -0.4 is 4.80 Å². The number of aromatic nitrogens is 1. The van der Waals surface area contributed by atoms with Gasteiger partial charge < -0.3 is 4.98 Å². The summed E-state index contributed by atoms with van der Waals surface area (Å²) in [5.41, 5.74) is 1.71. The van der Waals surface area contributed by atoms with Gasteiger partial charge in [0.2, 0.25) is 0 Å². The van der Waals surface area contributed by atoms with Gasteiger partial charge in [-0.3, -0.25) is 0 Å². The van der Waals surface area contributed by atoms with E-state index in [1.54, 1.807) is 0 Å². The summed E-state index contributed by atoms with van der Waals surface area (Å²) in [5.74, 6) is 0. The van der Waals surface area contributed by atoms with E-state index in [0.29, 0.717) is 10.5 Å². The molecule has 2 nitrogen and oxygen atoms in total. The van der Waals surface area contributed by atoms with Crippen LogP contribution in [0.5, 0.6) is 0 Å². The molecule has 0 aliphatic carbocycles. The monoisotopic (exact) mass is 398 g/mol. The van der Waals surface area contributed by atoms with Crippen LogP contribution in [0.25, 0.3) is 11.3 Å². The Labute approximate surface area is 142 Å². The summed E-state index contributed by atoms with van der Waals surface area (Å²) in [6.45, 7) is 0. The lowest BCUT2D eigenvalue weighted by molar-refractivity contribution is -0.137. The standard InChI is InChI=1S/C16H10BrF3N2S/c17-12-5-1-10(2-6-12)14-9-23-15(22-14)21-13-7-3-11(4-8-13)16(18,19)20/h1-9H,(H,21,22). The van der Waals surface area contributed by atoms with Gasteiger partial charge in [-0.1, -0.05) is 28.1 Å². The minimum Gasteiger partial charge on any atom is -0.330 e. The Kier molecular flexibility index (Phi) is 4.41. The van der Waals surface area contributed by atoms with Crippen LogP contribution in [0, 0.1) is 0 Å². The molecule has 0 unspecified atom stereocenters. The highest BCUT2D eigenvalue weighted by Gasteiger charge is 2.29. The van der Waals surface area contributed by atoms with E-state index >= 15 is 0 Å². The van der Waals surface area contributed by atoms with Gasteiger partial charge in [0.1, 0.15) is 0 Å². The van der Waals surface area contributed by atoms with Crippen molar-refractivity contribution in [3.8, 4) is 11.3 Å². The molecular weight excluding hydrogens is 389 g/mol. The van der Waals surface area contributed by atoms with Crippen LogP contribution >= 0.6 is 27.3 Å². The van der Waals surface area contributed by atoms with E-state index < -0.39 is 11.7 Å². The fraction of sp³-hybridized carbons (Fsp3) is 0.0625. The van der Waals surface area contributed by atoms with Crippen LogP contribution in [0.2, 0.25) is 0 Å². The van der Waals surface area contributed by atoms with Gasteiger partial charge in [-0.25, -0.2) is 4.99 Å². The number of benzene rings is 2. The van der Waals surface area contributed by atoms with Gasteiger partial charge in [0.15, 0.2) is 4.80 Å². The van der Waals surface area contributed by atoms with Gasteiger partial charge in [0.25, 0.3) is 0 Å². The second-order valence-corrected chi connectivity index (χ2v) is 6.52. The third-order valence-electron chi connectivity index (χ3n) is 3.11. The number of hydrogen-bond acceptors (Lipinski definition) is 2. The summed E-state index contributed by atoms with van der Waals surface area (Å²) in [7, 11) is 0. The molecule has 0 amide bonds. The maximum atomic E-state index is 12.5. The van der Waals surface area contributed by atoms with E-state index in [2.05, 4.69) is 25.9 Å². The zero-order valence-electron chi connectivity index (χ0n) is 11.6. The third-order valence-corrected chi connectivity index (χ3v) is 4.41. The number of H-pyrrole nitrogens is 1. The molecule has 0 bridgehead atoms. The first-order valence-electron chi connectivity index (χ1n) is 6.57. The molecule has 0 aliphatic heterocycles. The van der Waals surface area contributed by atoms with Crippen molar-refractivity contribution in [3.05, 3.63) is 68.7 Å². The number of thiazole rings is 1. The van der Waals surface area contributed by atoms with Crippen LogP contribution in [0.4, 0.5) is 18.9 Å². The van der Waals surface area contributed by atoms with Crippen molar-refractivity contribution in [2.45, 2.75) is 6.18 Å². The lowest BCUT2D eigenvalue weighted by Crippen LogP contribution is -2.04. The Morgan fingerprint density at radius 2 is 1.61 bits per heavy atom. The number of hydrogen-bond donors (Lipinski definition) is 1. The Hall–Kier alpha value is -1.86. The summed E-state index contributed by atoms with van der Waals surface area (Å²) in [5, 5.41) is 1.92. The molecule has 7 heteroatoms. The summed E-state index contributed by atoms with van der Waals surface area (Å²) in [6, 6.07) is 12.6. The van der Waals surface area contributed by atoms with E-state index in [4.69, 9.17) is 0 Å². The number of halogens is 4. The summed E-state index contributed by atoms with van der Waals surface area (Å²) in [6.07, 6.45) is -4.33. The largest absolute Gasteiger partial charge is 0.416 e. The number of alkyl halides is 3.